The highest BCUT2D eigenvalue weighted by Gasteiger charge is 1.99. The fourth-order valence-electron chi connectivity index (χ4n) is 2.28. The molecule has 23 heavy (non-hydrogen) atoms. The Morgan fingerprint density at radius 2 is 1.22 bits per heavy atom. The topological polar surface area (TPSA) is 40.5 Å². The Morgan fingerprint density at radius 3 is 1.78 bits per heavy atom. The van der Waals surface area contributed by atoms with Crippen molar-refractivity contribution in [1.29, 1.82) is 0 Å². The lowest BCUT2D eigenvalue weighted by atomic mass is 10.0. The molecule has 0 saturated carbocycles. The molecule has 2 heteroatoms. The second kappa shape index (κ2) is 8.04. The first kappa shape index (κ1) is 16.6. The number of para-hydroxylation sites is 2. The highest BCUT2D eigenvalue weighted by Crippen LogP contribution is 2.20. The van der Waals surface area contributed by atoms with E-state index >= 15 is 0 Å². The Labute approximate surface area is 137 Å². The minimum atomic E-state index is 0.372. The molecule has 0 atom stereocenters. The molecule has 0 heterocycles. The van der Waals surface area contributed by atoms with Gasteiger partial charge in [-0.15, -0.1) is 0 Å². The first-order valence-corrected chi connectivity index (χ1v) is 7.64. The van der Waals surface area contributed by atoms with Gasteiger partial charge in [0.2, 0.25) is 0 Å². The molecule has 0 fully saturated rings. The molecular weight excluding hydrogens is 284 g/mol. The van der Waals surface area contributed by atoms with Crippen LogP contribution in [-0.2, 0) is 6.42 Å². The molecule has 2 N–H and O–H groups in total. The predicted octanol–water partition coefficient (Wildman–Crippen LogP) is 4.99. The van der Waals surface area contributed by atoms with Gasteiger partial charge in [0.15, 0.2) is 0 Å². The fraction of sp³-hybridized carbons (Fsp3) is 0.143. The van der Waals surface area contributed by atoms with Gasteiger partial charge in [0.05, 0.1) is 0 Å². The summed E-state index contributed by atoms with van der Waals surface area (Å²) in [6.45, 7) is 3.78. The van der Waals surface area contributed by atoms with Crippen molar-refractivity contribution in [3.63, 3.8) is 0 Å². The molecule has 0 aliphatic rings. The number of hydrogen-bond acceptors (Lipinski definition) is 2. The summed E-state index contributed by atoms with van der Waals surface area (Å²) in [7, 11) is 0. The van der Waals surface area contributed by atoms with Crippen LogP contribution in [0.5, 0.6) is 11.5 Å². The van der Waals surface area contributed by atoms with E-state index in [1.54, 1.807) is 6.07 Å². The normalized spacial score (nSPS) is 9.83. The van der Waals surface area contributed by atoms with Crippen molar-refractivity contribution >= 4 is 0 Å². The molecular formula is C21H22O2. The Bertz CT molecular complexity index is 729. The minimum Gasteiger partial charge on any atom is -0.508 e. The first-order chi connectivity index (χ1) is 11.1. The van der Waals surface area contributed by atoms with Crippen molar-refractivity contribution in [1.82, 2.24) is 0 Å². The van der Waals surface area contributed by atoms with Gasteiger partial charge in [0, 0.05) is 6.42 Å². The average molecular weight is 306 g/mol. The summed E-state index contributed by atoms with van der Waals surface area (Å²) in [4.78, 5) is 0. The molecule has 0 bridgehead atoms. The van der Waals surface area contributed by atoms with Crippen LogP contribution < -0.4 is 0 Å². The van der Waals surface area contributed by atoms with Gasteiger partial charge in [0.25, 0.3) is 0 Å². The highest BCUT2D eigenvalue weighted by atomic mass is 16.3. The largest absolute Gasteiger partial charge is 0.508 e. The third-order valence-electron chi connectivity index (χ3n) is 3.67. The summed E-state index contributed by atoms with van der Waals surface area (Å²) in [6, 6.07) is 23.3. The zero-order chi connectivity index (χ0) is 16.7. The molecule has 0 amide bonds. The van der Waals surface area contributed by atoms with Gasteiger partial charge < -0.3 is 10.2 Å². The lowest BCUT2D eigenvalue weighted by Crippen LogP contribution is -1.87. The number of phenols is 2. The summed E-state index contributed by atoms with van der Waals surface area (Å²) in [5.41, 5.74) is 4.07. The number of phenolic OH excluding ortho intramolecular Hbond substituents is 2. The molecule has 3 aromatic carbocycles. The number of rotatable bonds is 2. The van der Waals surface area contributed by atoms with E-state index in [0.717, 1.165) is 23.1 Å². The lowest BCUT2D eigenvalue weighted by Gasteiger charge is -2.03. The number of benzene rings is 3. The van der Waals surface area contributed by atoms with Crippen LogP contribution >= 0.6 is 0 Å². The van der Waals surface area contributed by atoms with E-state index in [9.17, 15) is 10.2 Å². The number of aromatic hydroxyl groups is 2. The smallest absolute Gasteiger partial charge is 0.121 e. The molecule has 0 aliphatic carbocycles. The first-order valence-electron chi connectivity index (χ1n) is 7.64. The van der Waals surface area contributed by atoms with Gasteiger partial charge in [-0.1, -0.05) is 66.7 Å². The molecule has 118 valence electrons. The van der Waals surface area contributed by atoms with Crippen molar-refractivity contribution in [2.75, 3.05) is 0 Å². The Balaban J connectivity index is 0.000000185. The number of hydrogen-bond donors (Lipinski definition) is 2. The van der Waals surface area contributed by atoms with Gasteiger partial charge >= 0.3 is 0 Å². The predicted molar refractivity (Wildman–Crippen MR) is 94.9 cm³/mol. The fourth-order valence-corrected chi connectivity index (χ4v) is 2.28. The molecule has 3 aromatic rings. The van der Waals surface area contributed by atoms with E-state index in [1.165, 1.54) is 5.56 Å². The van der Waals surface area contributed by atoms with E-state index in [0.29, 0.717) is 11.5 Å². The van der Waals surface area contributed by atoms with Gasteiger partial charge in [-0.05, 0) is 42.2 Å². The lowest BCUT2D eigenvalue weighted by molar-refractivity contribution is 0.467. The van der Waals surface area contributed by atoms with Crippen LogP contribution in [0.15, 0.2) is 72.8 Å². The second-order valence-electron chi connectivity index (χ2n) is 5.53. The molecule has 0 aliphatic heterocycles. The zero-order valence-electron chi connectivity index (χ0n) is 13.5. The Morgan fingerprint density at radius 1 is 0.652 bits per heavy atom. The van der Waals surface area contributed by atoms with Crippen LogP contribution in [0.3, 0.4) is 0 Å². The van der Waals surface area contributed by atoms with Crippen molar-refractivity contribution in [2.45, 2.75) is 20.3 Å². The number of aryl methyl sites for hydroxylation is 2. The maximum absolute atomic E-state index is 9.57. The molecule has 0 aromatic heterocycles. The van der Waals surface area contributed by atoms with Crippen molar-refractivity contribution in [3.8, 4) is 11.5 Å². The molecule has 0 unspecified atom stereocenters. The van der Waals surface area contributed by atoms with Gasteiger partial charge in [-0.25, -0.2) is 0 Å². The van der Waals surface area contributed by atoms with Gasteiger partial charge in [0.1, 0.15) is 11.5 Å². The summed E-state index contributed by atoms with van der Waals surface area (Å²) >= 11 is 0. The van der Waals surface area contributed by atoms with E-state index in [1.807, 2.05) is 68.4 Å². The Kier molecular flexibility index (Phi) is 5.81. The van der Waals surface area contributed by atoms with Crippen LogP contribution in [0.2, 0.25) is 0 Å². The Hall–Kier alpha value is -2.74. The third kappa shape index (κ3) is 4.89. The van der Waals surface area contributed by atoms with Gasteiger partial charge in [-0.3, -0.25) is 0 Å². The van der Waals surface area contributed by atoms with Crippen molar-refractivity contribution < 1.29 is 10.2 Å². The molecule has 0 spiro atoms. The van der Waals surface area contributed by atoms with Crippen molar-refractivity contribution in [3.05, 3.63) is 95.1 Å². The quantitative estimate of drug-likeness (QED) is 0.700. The third-order valence-corrected chi connectivity index (χ3v) is 3.67. The summed E-state index contributed by atoms with van der Waals surface area (Å²) < 4.78 is 0. The van der Waals surface area contributed by atoms with E-state index in [4.69, 9.17) is 0 Å². The zero-order valence-corrected chi connectivity index (χ0v) is 13.5. The molecule has 0 saturated heterocycles. The standard InChI is InChI=1S/C13H12O.C8H10O/c14-13-9-5-4-8-12(13)10-11-6-2-1-3-7-11;1-6-4-3-5-7(2)8(6)9/h1-9,14H,10H2;3-5,9H,1-2H3. The molecule has 2 nitrogen and oxygen atoms in total. The van der Waals surface area contributed by atoms with Crippen LogP contribution in [0, 0.1) is 13.8 Å². The van der Waals surface area contributed by atoms with Crippen molar-refractivity contribution in [2.24, 2.45) is 0 Å². The summed E-state index contributed by atoms with van der Waals surface area (Å²) in [5, 5.41) is 18.8. The summed E-state index contributed by atoms with van der Waals surface area (Å²) in [5.74, 6) is 0.786. The van der Waals surface area contributed by atoms with Crippen LogP contribution in [0.4, 0.5) is 0 Å². The van der Waals surface area contributed by atoms with Crippen LogP contribution in [0.1, 0.15) is 22.3 Å². The minimum absolute atomic E-state index is 0.372. The van der Waals surface area contributed by atoms with Crippen LogP contribution in [0.25, 0.3) is 0 Å². The van der Waals surface area contributed by atoms with Crippen LogP contribution in [-0.4, -0.2) is 10.2 Å². The van der Waals surface area contributed by atoms with E-state index in [2.05, 4.69) is 12.1 Å². The van der Waals surface area contributed by atoms with E-state index in [-0.39, 0.29) is 0 Å². The SMILES string of the molecule is Cc1cccc(C)c1O.Oc1ccccc1Cc1ccccc1. The molecule has 3 rings (SSSR count). The highest BCUT2D eigenvalue weighted by molar-refractivity contribution is 5.38. The second-order valence-corrected chi connectivity index (χ2v) is 5.53. The average Bonchev–Trinajstić information content (AvgIpc) is 2.56. The summed E-state index contributed by atoms with van der Waals surface area (Å²) in [6.07, 6.45) is 0.785. The monoisotopic (exact) mass is 306 g/mol. The van der Waals surface area contributed by atoms with E-state index < -0.39 is 0 Å². The maximum Gasteiger partial charge on any atom is 0.121 e. The maximum atomic E-state index is 9.57. The molecule has 0 radical (unpaired) electrons. The van der Waals surface area contributed by atoms with Gasteiger partial charge in [-0.2, -0.15) is 0 Å².